The fourth-order valence-corrected chi connectivity index (χ4v) is 3.00. The zero-order valence-corrected chi connectivity index (χ0v) is 22.8. The summed E-state index contributed by atoms with van der Waals surface area (Å²) in [4.78, 5) is 85.1. The van der Waals surface area contributed by atoms with Gasteiger partial charge in [0, 0.05) is 50.9 Å². The molecule has 0 saturated carbocycles. The number of hydrogen-bond donors (Lipinski definition) is 0. The molecule has 222 valence electrons. The van der Waals surface area contributed by atoms with Crippen LogP contribution in [-0.2, 0) is 62.0 Å². The van der Waals surface area contributed by atoms with Crippen molar-refractivity contribution in [2.45, 2.75) is 32.5 Å². The van der Waals surface area contributed by atoms with E-state index in [9.17, 15) is 33.6 Å². The highest BCUT2D eigenvalue weighted by atomic mass is 16.6. The van der Waals surface area contributed by atoms with E-state index >= 15 is 0 Å². The standard InChI is InChI=1S/C25H34N2O13/c1-17(39-21(30)8-6-19(28)35-4)24(33)26(3)16-23(32)38-13-5-12-37-20(29)7-9-22(31)40-18(2)25(34)27-10-14-36-15-11-27/h6-9,17-18H,5,10-16H2,1-4H3/b8-6+,9-7+/t17?,18-/m0/s1. The Morgan fingerprint density at radius 1 is 0.800 bits per heavy atom. The van der Waals surface area contributed by atoms with Crippen LogP contribution in [-0.4, -0.2) is 124 Å². The minimum atomic E-state index is -1.23. The van der Waals surface area contributed by atoms with Crippen LogP contribution < -0.4 is 0 Å². The van der Waals surface area contributed by atoms with E-state index in [0.717, 1.165) is 36.3 Å². The normalized spacial score (nSPS) is 14.7. The molecule has 0 radical (unpaired) electrons. The number of rotatable bonds is 14. The lowest BCUT2D eigenvalue weighted by molar-refractivity contribution is -0.157. The summed E-state index contributed by atoms with van der Waals surface area (Å²) in [6.45, 7) is 3.67. The third-order valence-electron chi connectivity index (χ3n) is 5.05. The summed E-state index contributed by atoms with van der Waals surface area (Å²) >= 11 is 0. The first-order chi connectivity index (χ1) is 18.9. The van der Waals surface area contributed by atoms with Crippen LogP contribution in [0, 0.1) is 0 Å². The van der Waals surface area contributed by atoms with Crippen molar-refractivity contribution in [2.24, 2.45) is 0 Å². The summed E-state index contributed by atoms with van der Waals surface area (Å²) in [6.07, 6.45) is 1.20. The molecular weight excluding hydrogens is 536 g/mol. The van der Waals surface area contributed by atoms with Gasteiger partial charge in [0.05, 0.1) is 33.5 Å². The SMILES string of the molecule is COC(=O)/C=C/C(=O)OC(C)C(=O)N(C)CC(=O)OCCCOC(=O)/C=C/C(=O)O[C@@H](C)C(=O)N1CCOCC1. The van der Waals surface area contributed by atoms with Gasteiger partial charge in [-0.2, -0.15) is 0 Å². The molecule has 1 aliphatic rings. The van der Waals surface area contributed by atoms with Gasteiger partial charge in [0.1, 0.15) is 6.54 Å². The number of likely N-dealkylation sites (N-methyl/N-ethyl adjacent to an activating group) is 1. The monoisotopic (exact) mass is 570 g/mol. The number of hydrogen-bond acceptors (Lipinski definition) is 13. The Labute approximate surface area is 230 Å². The van der Waals surface area contributed by atoms with Crippen LogP contribution in [0.15, 0.2) is 24.3 Å². The van der Waals surface area contributed by atoms with Gasteiger partial charge in [0.2, 0.25) is 0 Å². The van der Waals surface area contributed by atoms with E-state index in [1.807, 2.05) is 0 Å². The maximum absolute atomic E-state index is 12.2. The zero-order chi connectivity index (χ0) is 30.1. The number of amides is 2. The van der Waals surface area contributed by atoms with Gasteiger partial charge in [-0.15, -0.1) is 0 Å². The molecular formula is C25H34N2O13. The maximum Gasteiger partial charge on any atom is 0.331 e. The lowest BCUT2D eigenvalue weighted by Gasteiger charge is -2.28. The fourth-order valence-electron chi connectivity index (χ4n) is 3.00. The van der Waals surface area contributed by atoms with Crippen molar-refractivity contribution in [3.63, 3.8) is 0 Å². The van der Waals surface area contributed by atoms with Gasteiger partial charge in [-0.25, -0.2) is 19.2 Å². The van der Waals surface area contributed by atoms with E-state index < -0.39 is 54.5 Å². The predicted octanol–water partition coefficient (Wildman–Crippen LogP) is -1.07. The Kier molecular flexibility index (Phi) is 15.3. The van der Waals surface area contributed by atoms with Crippen molar-refractivity contribution in [3.05, 3.63) is 24.3 Å². The van der Waals surface area contributed by atoms with Crippen LogP contribution in [0.4, 0.5) is 0 Å². The van der Waals surface area contributed by atoms with Crippen LogP contribution >= 0.6 is 0 Å². The van der Waals surface area contributed by atoms with Crippen molar-refractivity contribution >= 4 is 41.7 Å². The molecule has 1 heterocycles. The van der Waals surface area contributed by atoms with Gasteiger partial charge in [0.25, 0.3) is 11.8 Å². The molecule has 1 unspecified atom stereocenters. The van der Waals surface area contributed by atoms with Crippen LogP contribution in [0.25, 0.3) is 0 Å². The first-order valence-electron chi connectivity index (χ1n) is 12.2. The Hall–Kier alpha value is -4.27. The highest BCUT2D eigenvalue weighted by molar-refractivity contribution is 5.94. The van der Waals surface area contributed by atoms with E-state index in [0.29, 0.717) is 26.3 Å². The average Bonchev–Trinajstić information content (AvgIpc) is 2.93. The average molecular weight is 571 g/mol. The summed E-state index contributed by atoms with van der Waals surface area (Å²) in [6, 6.07) is 0. The number of ether oxygens (including phenoxy) is 6. The van der Waals surface area contributed by atoms with E-state index in [-0.39, 0.29) is 25.5 Å². The molecule has 0 aromatic carbocycles. The number of esters is 5. The van der Waals surface area contributed by atoms with E-state index in [1.54, 1.807) is 0 Å². The molecule has 1 rings (SSSR count). The van der Waals surface area contributed by atoms with Crippen molar-refractivity contribution < 1.29 is 62.0 Å². The molecule has 0 aliphatic carbocycles. The second-order valence-corrected chi connectivity index (χ2v) is 8.22. The van der Waals surface area contributed by atoms with Crippen LogP contribution in [0.2, 0.25) is 0 Å². The maximum atomic E-state index is 12.2. The Bertz CT molecular complexity index is 985. The molecule has 15 heteroatoms. The smallest absolute Gasteiger partial charge is 0.331 e. The van der Waals surface area contributed by atoms with Crippen LogP contribution in [0.5, 0.6) is 0 Å². The third kappa shape index (κ3) is 13.5. The van der Waals surface area contributed by atoms with Gasteiger partial charge < -0.3 is 38.2 Å². The molecule has 0 spiro atoms. The van der Waals surface area contributed by atoms with Gasteiger partial charge in [-0.3, -0.25) is 14.4 Å². The van der Waals surface area contributed by atoms with Crippen LogP contribution in [0.1, 0.15) is 20.3 Å². The van der Waals surface area contributed by atoms with Gasteiger partial charge in [0.15, 0.2) is 12.2 Å². The minimum Gasteiger partial charge on any atom is -0.466 e. The Morgan fingerprint density at radius 3 is 1.93 bits per heavy atom. The quantitative estimate of drug-likeness (QED) is 0.107. The van der Waals surface area contributed by atoms with Crippen molar-refractivity contribution in [1.82, 2.24) is 9.80 Å². The van der Waals surface area contributed by atoms with Gasteiger partial charge in [-0.05, 0) is 13.8 Å². The molecule has 1 aliphatic heterocycles. The second-order valence-electron chi connectivity index (χ2n) is 8.22. The van der Waals surface area contributed by atoms with Gasteiger partial charge in [-0.1, -0.05) is 0 Å². The molecule has 0 aromatic heterocycles. The fraction of sp³-hybridized carbons (Fsp3) is 0.560. The summed E-state index contributed by atoms with van der Waals surface area (Å²) in [5.41, 5.74) is 0. The predicted molar refractivity (Wildman–Crippen MR) is 133 cm³/mol. The van der Waals surface area contributed by atoms with Crippen molar-refractivity contribution in [1.29, 1.82) is 0 Å². The summed E-state index contributed by atoms with van der Waals surface area (Å²) < 4.78 is 29.2. The number of morpholine rings is 1. The summed E-state index contributed by atoms with van der Waals surface area (Å²) in [5, 5.41) is 0. The van der Waals surface area contributed by atoms with E-state index in [1.165, 1.54) is 25.8 Å². The first kappa shape index (κ1) is 33.8. The molecule has 1 fully saturated rings. The van der Waals surface area contributed by atoms with E-state index in [2.05, 4.69) is 4.74 Å². The number of nitrogens with zero attached hydrogens (tertiary/aromatic N) is 2. The second kappa shape index (κ2) is 18.1. The highest BCUT2D eigenvalue weighted by Gasteiger charge is 2.25. The number of carbonyl (C=O) groups excluding carboxylic acids is 7. The van der Waals surface area contributed by atoms with Crippen molar-refractivity contribution in [3.8, 4) is 0 Å². The Balaban J connectivity index is 2.25. The zero-order valence-electron chi connectivity index (χ0n) is 22.8. The lowest BCUT2D eigenvalue weighted by Crippen LogP contribution is -2.45. The molecule has 40 heavy (non-hydrogen) atoms. The minimum absolute atomic E-state index is 0.121. The van der Waals surface area contributed by atoms with E-state index in [4.69, 9.17) is 23.7 Å². The molecule has 0 bridgehead atoms. The largest absolute Gasteiger partial charge is 0.466 e. The van der Waals surface area contributed by atoms with Crippen molar-refractivity contribution in [2.75, 3.05) is 60.2 Å². The molecule has 2 atom stereocenters. The third-order valence-corrected chi connectivity index (χ3v) is 5.05. The van der Waals surface area contributed by atoms with Crippen LogP contribution in [0.3, 0.4) is 0 Å². The molecule has 2 amide bonds. The number of methoxy groups -OCH3 is 1. The van der Waals surface area contributed by atoms with Gasteiger partial charge >= 0.3 is 29.8 Å². The number of carbonyl (C=O) groups is 7. The molecule has 0 N–H and O–H groups in total. The molecule has 0 aromatic rings. The Morgan fingerprint density at radius 2 is 1.32 bits per heavy atom. The highest BCUT2D eigenvalue weighted by Crippen LogP contribution is 2.04. The molecule has 15 nitrogen and oxygen atoms in total. The lowest BCUT2D eigenvalue weighted by atomic mass is 10.3. The summed E-state index contributed by atoms with van der Waals surface area (Å²) in [5.74, 6) is -5.25. The topological polar surface area (TPSA) is 181 Å². The first-order valence-corrected chi connectivity index (χ1v) is 12.2. The molecule has 1 saturated heterocycles. The summed E-state index contributed by atoms with van der Waals surface area (Å²) in [7, 11) is 2.43.